The number of carbonyl (C=O) groups excluding carboxylic acids is 1. The lowest BCUT2D eigenvalue weighted by Gasteiger charge is -2.38. The first-order valence-electron chi connectivity index (χ1n) is 7.66. The third kappa shape index (κ3) is 3.90. The molecule has 0 amide bonds. The average Bonchev–Trinajstić information content (AvgIpc) is 2.41. The molecule has 0 N–H and O–H groups in total. The summed E-state index contributed by atoms with van der Waals surface area (Å²) in [7, 11) is 0. The fourth-order valence-corrected chi connectivity index (χ4v) is 3.21. The van der Waals surface area contributed by atoms with E-state index in [2.05, 4.69) is 20.8 Å². The zero-order valence-electron chi connectivity index (χ0n) is 13.0. The summed E-state index contributed by atoms with van der Waals surface area (Å²) in [5, 5.41) is 0. The Hall–Kier alpha value is -1.25. The second kappa shape index (κ2) is 5.86. The molecule has 1 aromatic rings. The number of Topliss-reactive ketones (excluding diaryl/α,β-unsaturated/α-hetero) is 1. The van der Waals surface area contributed by atoms with E-state index >= 15 is 0 Å². The topological polar surface area (TPSA) is 17.1 Å². The smallest absolute Gasteiger partial charge is 0.273 e. The molecule has 1 nitrogen and oxygen atoms in total. The summed E-state index contributed by atoms with van der Waals surface area (Å²) in [5.41, 5.74) is 0.0803. The first-order valence-corrected chi connectivity index (χ1v) is 7.66. The Kier molecular flexibility index (Phi) is 4.50. The fraction of sp³-hybridized carbons (Fsp3) is 0.611. The molecule has 1 saturated carbocycles. The van der Waals surface area contributed by atoms with Gasteiger partial charge in [-0.15, -0.1) is 0 Å². The van der Waals surface area contributed by atoms with Crippen molar-refractivity contribution in [2.45, 2.75) is 52.4 Å². The number of benzene rings is 1. The minimum Gasteiger partial charge on any atom is -0.299 e. The Labute approximate surface area is 125 Å². The summed E-state index contributed by atoms with van der Waals surface area (Å²) < 4.78 is 28.8. The fourth-order valence-electron chi connectivity index (χ4n) is 3.21. The highest BCUT2D eigenvalue weighted by atomic mass is 19.3. The van der Waals surface area contributed by atoms with Crippen molar-refractivity contribution in [2.75, 3.05) is 0 Å². The molecule has 21 heavy (non-hydrogen) atoms. The molecular weight excluding hydrogens is 270 g/mol. The molecule has 116 valence electrons. The third-order valence-electron chi connectivity index (χ3n) is 4.69. The van der Waals surface area contributed by atoms with Crippen LogP contribution in [0.4, 0.5) is 8.78 Å². The number of hydrogen-bond donors (Lipinski definition) is 0. The van der Waals surface area contributed by atoms with Crippen molar-refractivity contribution in [3.05, 3.63) is 35.9 Å². The van der Waals surface area contributed by atoms with Crippen molar-refractivity contribution in [3.63, 3.8) is 0 Å². The lowest BCUT2D eigenvalue weighted by molar-refractivity contribution is -0.131. The predicted octanol–water partition coefficient (Wildman–Crippen LogP) is 5.20. The standard InChI is InChI=1S/C18H24F2O/c1-17(2,3)15-9-10-16(21)13(11-15)12-18(19,20)14-7-5-4-6-8-14/h4-8,13,15H,9-12H2,1-3H3. The molecule has 0 radical (unpaired) electrons. The number of halogens is 2. The maximum absolute atomic E-state index is 14.4. The van der Waals surface area contributed by atoms with E-state index in [0.29, 0.717) is 18.8 Å². The summed E-state index contributed by atoms with van der Waals surface area (Å²) in [5.74, 6) is -3.10. The number of carbonyl (C=O) groups is 1. The van der Waals surface area contributed by atoms with Crippen LogP contribution in [0.15, 0.2) is 30.3 Å². The van der Waals surface area contributed by atoms with Crippen molar-refractivity contribution in [3.8, 4) is 0 Å². The highest BCUT2D eigenvalue weighted by Gasteiger charge is 2.41. The Morgan fingerprint density at radius 3 is 2.33 bits per heavy atom. The molecule has 2 atom stereocenters. The van der Waals surface area contributed by atoms with E-state index in [1.54, 1.807) is 18.2 Å². The van der Waals surface area contributed by atoms with E-state index in [0.717, 1.165) is 6.42 Å². The van der Waals surface area contributed by atoms with Crippen LogP contribution in [-0.2, 0) is 10.7 Å². The van der Waals surface area contributed by atoms with Crippen LogP contribution in [0.2, 0.25) is 0 Å². The number of ketones is 1. The quantitative estimate of drug-likeness (QED) is 0.749. The molecule has 2 rings (SSSR count). The minimum absolute atomic E-state index is 0.00565. The molecule has 0 heterocycles. The highest BCUT2D eigenvalue weighted by Crippen LogP contribution is 2.44. The molecule has 1 fully saturated rings. The Balaban J connectivity index is 2.11. The molecule has 3 heteroatoms. The second-order valence-electron chi connectivity index (χ2n) is 7.28. The number of rotatable bonds is 3. The molecular formula is C18H24F2O. The Morgan fingerprint density at radius 2 is 1.76 bits per heavy atom. The van der Waals surface area contributed by atoms with Crippen molar-refractivity contribution < 1.29 is 13.6 Å². The van der Waals surface area contributed by atoms with Gasteiger partial charge in [-0.05, 0) is 24.2 Å². The predicted molar refractivity (Wildman–Crippen MR) is 80.2 cm³/mol. The van der Waals surface area contributed by atoms with Gasteiger partial charge in [0.05, 0.1) is 0 Å². The summed E-state index contributed by atoms with van der Waals surface area (Å²) in [6.45, 7) is 6.37. The van der Waals surface area contributed by atoms with E-state index in [1.807, 2.05) is 0 Å². The van der Waals surface area contributed by atoms with E-state index < -0.39 is 11.8 Å². The number of hydrogen-bond acceptors (Lipinski definition) is 1. The van der Waals surface area contributed by atoms with Gasteiger partial charge >= 0.3 is 0 Å². The zero-order valence-corrected chi connectivity index (χ0v) is 13.0. The van der Waals surface area contributed by atoms with Gasteiger partial charge in [0.15, 0.2) is 0 Å². The van der Waals surface area contributed by atoms with E-state index in [1.165, 1.54) is 12.1 Å². The number of alkyl halides is 2. The normalized spacial score (nSPS) is 24.1. The van der Waals surface area contributed by atoms with Crippen LogP contribution in [0.1, 0.15) is 52.0 Å². The van der Waals surface area contributed by atoms with Gasteiger partial charge in [-0.1, -0.05) is 51.1 Å². The van der Waals surface area contributed by atoms with Gasteiger partial charge in [-0.3, -0.25) is 4.79 Å². The molecule has 0 aromatic heterocycles. The van der Waals surface area contributed by atoms with Gasteiger partial charge in [0.2, 0.25) is 0 Å². The van der Waals surface area contributed by atoms with Gasteiger partial charge in [0, 0.05) is 24.3 Å². The van der Waals surface area contributed by atoms with Crippen LogP contribution in [0.25, 0.3) is 0 Å². The molecule has 0 saturated heterocycles. The molecule has 1 aliphatic carbocycles. The van der Waals surface area contributed by atoms with Gasteiger partial charge in [-0.2, -0.15) is 0 Å². The van der Waals surface area contributed by atoms with Gasteiger partial charge in [0.25, 0.3) is 5.92 Å². The summed E-state index contributed by atoms with van der Waals surface area (Å²) in [6.07, 6.45) is 1.50. The van der Waals surface area contributed by atoms with E-state index in [4.69, 9.17) is 0 Å². The third-order valence-corrected chi connectivity index (χ3v) is 4.69. The first-order chi connectivity index (χ1) is 9.70. The molecule has 1 aliphatic rings. The summed E-state index contributed by atoms with van der Waals surface area (Å²) >= 11 is 0. The van der Waals surface area contributed by atoms with E-state index in [-0.39, 0.29) is 23.2 Å². The van der Waals surface area contributed by atoms with E-state index in [9.17, 15) is 13.6 Å². The lowest BCUT2D eigenvalue weighted by Crippen LogP contribution is -2.34. The van der Waals surface area contributed by atoms with Crippen LogP contribution in [0, 0.1) is 17.3 Å². The first kappa shape index (κ1) is 16.1. The minimum atomic E-state index is -2.93. The van der Waals surface area contributed by atoms with Gasteiger partial charge in [0.1, 0.15) is 5.78 Å². The Morgan fingerprint density at radius 1 is 1.14 bits per heavy atom. The molecule has 2 unspecified atom stereocenters. The maximum atomic E-state index is 14.4. The van der Waals surface area contributed by atoms with Crippen LogP contribution in [0.5, 0.6) is 0 Å². The van der Waals surface area contributed by atoms with Crippen molar-refractivity contribution in [1.82, 2.24) is 0 Å². The lowest BCUT2D eigenvalue weighted by atomic mass is 9.67. The van der Waals surface area contributed by atoms with Gasteiger partial charge < -0.3 is 0 Å². The second-order valence-corrected chi connectivity index (χ2v) is 7.28. The van der Waals surface area contributed by atoms with Crippen LogP contribution >= 0.6 is 0 Å². The SMILES string of the molecule is CC(C)(C)C1CCC(=O)C(CC(F)(F)c2ccccc2)C1. The van der Waals surface area contributed by atoms with Crippen LogP contribution in [0.3, 0.4) is 0 Å². The van der Waals surface area contributed by atoms with Crippen molar-refractivity contribution in [1.29, 1.82) is 0 Å². The molecule has 0 aliphatic heterocycles. The summed E-state index contributed by atoms with van der Waals surface area (Å²) in [6, 6.07) is 7.83. The van der Waals surface area contributed by atoms with Crippen LogP contribution < -0.4 is 0 Å². The molecule has 0 spiro atoms. The zero-order chi connectivity index (χ0) is 15.7. The average molecular weight is 294 g/mol. The van der Waals surface area contributed by atoms with Crippen molar-refractivity contribution >= 4 is 5.78 Å². The largest absolute Gasteiger partial charge is 0.299 e. The molecule has 1 aromatic carbocycles. The monoisotopic (exact) mass is 294 g/mol. The van der Waals surface area contributed by atoms with Gasteiger partial charge in [-0.25, -0.2) is 8.78 Å². The Bertz CT molecular complexity index is 488. The van der Waals surface area contributed by atoms with Crippen molar-refractivity contribution in [2.24, 2.45) is 17.3 Å². The van der Waals surface area contributed by atoms with Crippen LogP contribution in [-0.4, -0.2) is 5.78 Å². The highest BCUT2D eigenvalue weighted by molar-refractivity contribution is 5.81. The maximum Gasteiger partial charge on any atom is 0.273 e. The molecule has 0 bridgehead atoms. The summed E-state index contributed by atoms with van der Waals surface area (Å²) in [4.78, 5) is 12.0.